The third kappa shape index (κ3) is 7.86. The first-order valence-electron chi connectivity index (χ1n) is 9.75. The summed E-state index contributed by atoms with van der Waals surface area (Å²) in [6.45, 7) is 8.64. The molecule has 0 atom stereocenters. The zero-order valence-corrected chi connectivity index (χ0v) is 17.6. The van der Waals surface area contributed by atoms with E-state index in [1.165, 1.54) is 5.56 Å². The van der Waals surface area contributed by atoms with Crippen LogP contribution in [-0.4, -0.2) is 25.0 Å². The number of benzene rings is 2. The van der Waals surface area contributed by atoms with Crippen molar-refractivity contribution >= 4 is 11.8 Å². The summed E-state index contributed by atoms with van der Waals surface area (Å²) >= 11 is 0. The second-order valence-electron chi connectivity index (χ2n) is 7.88. The van der Waals surface area contributed by atoms with E-state index < -0.39 is 5.91 Å². The summed E-state index contributed by atoms with van der Waals surface area (Å²) in [5.41, 5.74) is 7.02. The van der Waals surface area contributed by atoms with E-state index in [0.717, 1.165) is 11.3 Å². The minimum Gasteiger partial charge on any atom is -0.494 e. The summed E-state index contributed by atoms with van der Waals surface area (Å²) in [4.78, 5) is 23.6. The molecule has 0 radical (unpaired) electrons. The van der Waals surface area contributed by atoms with Crippen LogP contribution in [0.1, 0.15) is 44.7 Å². The lowest BCUT2D eigenvalue weighted by Gasteiger charge is -2.19. The van der Waals surface area contributed by atoms with E-state index in [0.29, 0.717) is 18.8 Å². The highest BCUT2D eigenvalue weighted by Gasteiger charge is 2.13. The van der Waals surface area contributed by atoms with Crippen molar-refractivity contribution < 1.29 is 19.1 Å². The maximum Gasteiger partial charge on any atom is 0.276 e. The van der Waals surface area contributed by atoms with Gasteiger partial charge in [-0.25, -0.2) is 0 Å². The van der Waals surface area contributed by atoms with Gasteiger partial charge in [0.1, 0.15) is 11.5 Å². The number of ether oxygens (including phenoxy) is 2. The molecule has 0 aliphatic carbocycles. The average Bonchev–Trinajstić information content (AvgIpc) is 2.68. The largest absolute Gasteiger partial charge is 0.494 e. The number of rotatable bonds is 8. The molecule has 0 saturated heterocycles. The Morgan fingerprint density at radius 1 is 0.897 bits per heavy atom. The molecule has 2 aromatic carbocycles. The Labute approximate surface area is 172 Å². The zero-order valence-electron chi connectivity index (χ0n) is 17.6. The number of hydrogen-bond donors (Lipinski definition) is 2. The second kappa shape index (κ2) is 10.5. The monoisotopic (exact) mass is 398 g/mol. The van der Waals surface area contributed by atoms with Crippen molar-refractivity contribution in [2.75, 3.05) is 13.2 Å². The van der Waals surface area contributed by atoms with E-state index in [1.54, 1.807) is 6.07 Å². The first kappa shape index (κ1) is 22.3. The fourth-order valence-electron chi connectivity index (χ4n) is 2.57. The van der Waals surface area contributed by atoms with Crippen LogP contribution in [0.2, 0.25) is 0 Å². The van der Waals surface area contributed by atoms with Crippen molar-refractivity contribution in [3.63, 3.8) is 0 Å². The number of carbonyl (C=O) groups excluding carboxylic acids is 2. The van der Waals surface area contributed by atoms with Crippen LogP contribution < -0.4 is 20.3 Å². The van der Waals surface area contributed by atoms with Crippen molar-refractivity contribution in [2.45, 2.75) is 46.0 Å². The minimum absolute atomic E-state index is 0.103. The molecule has 0 saturated carbocycles. The van der Waals surface area contributed by atoms with Crippen LogP contribution in [-0.2, 0) is 15.0 Å². The van der Waals surface area contributed by atoms with Gasteiger partial charge in [0.15, 0.2) is 6.61 Å². The topological polar surface area (TPSA) is 76.7 Å². The second-order valence-corrected chi connectivity index (χ2v) is 7.88. The molecule has 29 heavy (non-hydrogen) atoms. The van der Waals surface area contributed by atoms with E-state index in [4.69, 9.17) is 9.47 Å². The molecular weight excluding hydrogens is 368 g/mol. The van der Waals surface area contributed by atoms with Gasteiger partial charge in [0.2, 0.25) is 5.91 Å². The van der Waals surface area contributed by atoms with Crippen LogP contribution >= 0.6 is 0 Å². The molecule has 2 amide bonds. The smallest absolute Gasteiger partial charge is 0.276 e. The van der Waals surface area contributed by atoms with Crippen LogP contribution in [0, 0.1) is 6.92 Å². The third-order valence-corrected chi connectivity index (χ3v) is 4.33. The number of carbonyl (C=O) groups is 2. The molecule has 2 rings (SSSR count). The van der Waals surface area contributed by atoms with E-state index >= 15 is 0 Å². The highest BCUT2D eigenvalue weighted by Crippen LogP contribution is 2.24. The summed E-state index contributed by atoms with van der Waals surface area (Å²) < 4.78 is 11.1. The predicted molar refractivity (Wildman–Crippen MR) is 113 cm³/mol. The van der Waals surface area contributed by atoms with E-state index in [2.05, 4.69) is 43.8 Å². The van der Waals surface area contributed by atoms with Crippen molar-refractivity contribution in [3.05, 3.63) is 59.7 Å². The Kier molecular flexibility index (Phi) is 8.07. The molecule has 0 unspecified atom stereocenters. The molecule has 0 fully saturated rings. The number of amides is 2. The van der Waals surface area contributed by atoms with Gasteiger partial charge >= 0.3 is 0 Å². The number of hydrogen-bond acceptors (Lipinski definition) is 4. The van der Waals surface area contributed by atoms with Gasteiger partial charge < -0.3 is 9.47 Å². The summed E-state index contributed by atoms with van der Waals surface area (Å²) in [6, 6.07) is 15.4. The molecule has 6 nitrogen and oxygen atoms in total. The zero-order chi connectivity index (χ0) is 21.3. The summed E-state index contributed by atoms with van der Waals surface area (Å²) in [7, 11) is 0. The Balaban J connectivity index is 1.60. The molecule has 0 aromatic heterocycles. The van der Waals surface area contributed by atoms with Crippen LogP contribution in [0.4, 0.5) is 0 Å². The van der Waals surface area contributed by atoms with E-state index in [1.807, 2.05) is 37.3 Å². The maximum atomic E-state index is 11.8. The highest BCUT2D eigenvalue weighted by molar-refractivity contribution is 5.82. The summed E-state index contributed by atoms with van der Waals surface area (Å²) in [5, 5.41) is 0. The Morgan fingerprint density at radius 3 is 2.21 bits per heavy atom. The van der Waals surface area contributed by atoms with Crippen molar-refractivity contribution in [2.24, 2.45) is 0 Å². The van der Waals surface area contributed by atoms with Gasteiger partial charge in [-0.1, -0.05) is 51.1 Å². The van der Waals surface area contributed by atoms with Gasteiger partial charge in [-0.3, -0.25) is 20.4 Å². The molecule has 2 aromatic rings. The Hall–Kier alpha value is -3.02. The summed E-state index contributed by atoms with van der Waals surface area (Å²) in [5.74, 6) is 0.722. The Bertz CT molecular complexity index is 810. The Morgan fingerprint density at radius 2 is 1.55 bits per heavy atom. The SMILES string of the molecule is Cc1ccccc1OCC(=O)NNC(=O)CCCOc1ccc(C(C)(C)C)cc1. The van der Waals surface area contributed by atoms with Crippen LogP contribution in [0.15, 0.2) is 48.5 Å². The van der Waals surface area contributed by atoms with Crippen LogP contribution in [0.5, 0.6) is 11.5 Å². The molecule has 156 valence electrons. The molecule has 0 bridgehead atoms. The normalized spacial score (nSPS) is 10.9. The van der Waals surface area contributed by atoms with Gasteiger partial charge in [-0.05, 0) is 48.1 Å². The predicted octanol–water partition coefficient (Wildman–Crippen LogP) is 3.68. The van der Waals surface area contributed by atoms with Gasteiger partial charge in [0, 0.05) is 6.42 Å². The fraction of sp³-hybridized carbons (Fsp3) is 0.391. The molecular formula is C23H30N2O4. The van der Waals surface area contributed by atoms with Crippen LogP contribution in [0.3, 0.4) is 0 Å². The molecule has 2 N–H and O–H groups in total. The highest BCUT2D eigenvalue weighted by atomic mass is 16.5. The molecule has 0 heterocycles. The van der Waals surface area contributed by atoms with E-state index in [9.17, 15) is 9.59 Å². The maximum absolute atomic E-state index is 11.8. The molecule has 0 aliphatic heterocycles. The van der Waals surface area contributed by atoms with Gasteiger partial charge in [-0.15, -0.1) is 0 Å². The minimum atomic E-state index is -0.420. The third-order valence-electron chi connectivity index (χ3n) is 4.33. The van der Waals surface area contributed by atoms with Gasteiger partial charge in [0.05, 0.1) is 6.61 Å². The molecule has 0 aliphatic rings. The summed E-state index contributed by atoms with van der Waals surface area (Å²) in [6.07, 6.45) is 0.793. The standard InChI is InChI=1S/C23H30N2O4/c1-17-8-5-6-9-20(17)29-16-22(27)25-24-21(26)10-7-15-28-19-13-11-18(12-14-19)23(2,3)4/h5-6,8-9,11-14H,7,10,15-16H2,1-4H3,(H,24,26)(H,25,27). The number of para-hydroxylation sites is 1. The molecule has 6 heteroatoms. The first-order chi connectivity index (χ1) is 13.8. The lowest BCUT2D eigenvalue weighted by molar-refractivity contribution is -0.130. The number of aryl methyl sites for hydroxylation is 1. The van der Waals surface area contributed by atoms with Crippen LogP contribution in [0.25, 0.3) is 0 Å². The van der Waals surface area contributed by atoms with Gasteiger partial charge in [-0.2, -0.15) is 0 Å². The lowest BCUT2D eigenvalue weighted by Crippen LogP contribution is -2.43. The van der Waals surface area contributed by atoms with E-state index in [-0.39, 0.29) is 24.3 Å². The number of nitrogens with one attached hydrogen (secondary N) is 2. The lowest BCUT2D eigenvalue weighted by atomic mass is 9.87. The van der Waals surface area contributed by atoms with Crippen molar-refractivity contribution in [3.8, 4) is 11.5 Å². The van der Waals surface area contributed by atoms with Crippen molar-refractivity contribution in [1.82, 2.24) is 10.9 Å². The number of hydrazine groups is 1. The van der Waals surface area contributed by atoms with Crippen molar-refractivity contribution in [1.29, 1.82) is 0 Å². The quantitative estimate of drug-likeness (QED) is 0.525. The fourth-order valence-corrected chi connectivity index (χ4v) is 2.57. The molecule has 0 spiro atoms. The average molecular weight is 399 g/mol. The first-order valence-corrected chi connectivity index (χ1v) is 9.75. The van der Waals surface area contributed by atoms with Gasteiger partial charge in [0.25, 0.3) is 5.91 Å².